The summed E-state index contributed by atoms with van der Waals surface area (Å²) >= 11 is 0. The number of Topliss-reactive ketones (excluding diaryl/α,β-unsaturated/α-hetero) is 1. The van der Waals surface area contributed by atoms with Crippen molar-refractivity contribution in [1.82, 2.24) is 0 Å². The Balaban J connectivity index is 6.10. The van der Waals surface area contributed by atoms with Crippen LogP contribution in [-0.2, 0) is 9.59 Å². The average Bonchev–Trinajstić information content (AvgIpc) is 2.56. The summed E-state index contributed by atoms with van der Waals surface area (Å²) in [5, 5.41) is 8.76. The molecule has 100 valence electrons. The molecule has 0 fully saturated rings. The summed E-state index contributed by atoms with van der Waals surface area (Å²) in [6, 6.07) is 0. The van der Waals surface area contributed by atoms with Gasteiger partial charge in [-0.25, -0.2) is 0 Å². The molecule has 0 unspecified atom stereocenters. The van der Waals surface area contributed by atoms with E-state index in [-0.39, 0.29) is 6.42 Å². The number of carbonyl (C=O) groups is 2. The minimum atomic E-state index is -4.12. The molecule has 0 radical (unpaired) electrons. The molecule has 1 N–H and O–H groups in total. The number of aliphatic carboxylic acids is 1. The third-order valence-corrected chi connectivity index (χ3v) is 1.77. The van der Waals surface area contributed by atoms with E-state index in [0.29, 0.717) is 12.8 Å². The maximum atomic E-state index is 12.1. The van der Waals surface area contributed by atoms with E-state index in [1.807, 2.05) is 6.92 Å². The van der Waals surface area contributed by atoms with Crippen molar-refractivity contribution in [3.05, 3.63) is 0 Å². The van der Waals surface area contributed by atoms with Gasteiger partial charge in [-0.2, -0.15) is 0 Å². The van der Waals surface area contributed by atoms with Crippen LogP contribution < -0.4 is 0 Å². The summed E-state index contributed by atoms with van der Waals surface area (Å²) in [4.78, 5) is 23.0. The predicted molar refractivity (Wildman–Crippen MR) is 69.1 cm³/mol. The lowest BCUT2D eigenvalue weighted by atomic mass is 10.0. The third kappa shape index (κ3) is 13.1. The van der Waals surface area contributed by atoms with Gasteiger partial charge in [0.25, 0.3) is 0 Å². The molecule has 0 amide bonds. The van der Waals surface area contributed by atoms with Crippen LogP contribution in [0.1, 0.15) is 93.7 Å². The van der Waals surface area contributed by atoms with E-state index in [4.69, 9.17) is 21.6 Å². The van der Waals surface area contributed by atoms with Crippen molar-refractivity contribution in [1.29, 1.82) is 0 Å². The van der Waals surface area contributed by atoms with Gasteiger partial charge in [-0.05, 0) is 6.37 Å². The van der Waals surface area contributed by atoms with Crippen LogP contribution in [0.25, 0.3) is 0 Å². The van der Waals surface area contributed by atoms with Crippen LogP contribution >= 0.6 is 0 Å². The van der Waals surface area contributed by atoms with E-state index < -0.39 is 56.4 Å². The molecule has 0 atom stereocenters. The Hall–Kier alpha value is -0.860. The molecule has 17 heavy (non-hydrogen) atoms. The lowest BCUT2D eigenvalue weighted by Crippen LogP contribution is -2.05. The molecule has 3 heteroatoms. The molecular weight excluding hydrogens is 216 g/mol. The number of ketones is 1. The van der Waals surface area contributed by atoms with Gasteiger partial charge in [0, 0.05) is 22.8 Å². The zero-order chi connectivity index (χ0) is 23.7. The van der Waals surface area contributed by atoms with Gasteiger partial charge < -0.3 is 5.11 Å². The first-order valence-corrected chi connectivity index (χ1v) is 5.44. The molecule has 0 aliphatic carbocycles. The van der Waals surface area contributed by atoms with E-state index in [1.54, 1.807) is 0 Å². The minimum absolute atomic E-state index is 0.160. The number of unbranched alkanes of at least 4 members (excludes halogenated alkanes) is 3. The molecule has 0 heterocycles. The monoisotopic (exact) mass is 254 g/mol. The highest BCUT2D eigenvalue weighted by molar-refractivity contribution is 5.94. The summed E-state index contributed by atoms with van der Waals surface area (Å²) in [5.41, 5.74) is 0. The zero-order valence-electron chi connectivity index (χ0n) is 21.8. The second-order valence-corrected chi connectivity index (χ2v) is 3.25. The van der Waals surface area contributed by atoms with Crippen LogP contribution in [0.4, 0.5) is 0 Å². The highest BCUT2D eigenvalue weighted by atomic mass is 16.4. The molecule has 0 aromatic heterocycles. The highest BCUT2D eigenvalue weighted by Gasteiger charge is 2.06. The molecule has 0 saturated carbocycles. The SMILES string of the molecule is [2H]C([2H])(C(=O)O)C(=O)C([2H])([2H])C([2H])([2H])C([2H])([2H])C([2H])([2H])C([2H])([2H])CCCCCC. The Kier molecular flexibility index (Phi) is 3.43. The highest BCUT2D eigenvalue weighted by Crippen LogP contribution is 2.10. The van der Waals surface area contributed by atoms with Crippen LogP contribution in [0.15, 0.2) is 0 Å². The standard InChI is InChI=1S/C14H26O3/c1-2-3-4-5-6-7-8-9-10-11-13(15)12-14(16)17/h2-12H2,1H3,(H,16,17)/i7D2,8D2,9D2,10D2,11D2,12D2. The van der Waals surface area contributed by atoms with Crippen LogP contribution in [0.5, 0.6) is 0 Å². The Labute approximate surface area is 121 Å². The van der Waals surface area contributed by atoms with Crippen LogP contribution in [0, 0.1) is 0 Å². The largest absolute Gasteiger partial charge is 0.481 e. The zero-order valence-corrected chi connectivity index (χ0v) is 9.80. The average molecular weight is 254 g/mol. The van der Waals surface area contributed by atoms with Crippen molar-refractivity contribution in [2.45, 2.75) is 77.3 Å². The van der Waals surface area contributed by atoms with E-state index in [2.05, 4.69) is 0 Å². The van der Waals surface area contributed by atoms with Crippen LogP contribution in [-0.4, -0.2) is 16.9 Å². The lowest BCUT2D eigenvalue weighted by Gasteiger charge is -2.01. The van der Waals surface area contributed by atoms with Gasteiger partial charge in [0.2, 0.25) is 0 Å². The van der Waals surface area contributed by atoms with Crippen molar-refractivity contribution in [2.24, 2.45) is 0 Å². The minimum Gasteiger partial charge on any atom is -0.481 e. The summed E-state index contributed by atoms with van der Waals surface area (Å²) in [5.74, 6) is -4.86. The maximum Gasteiger partial charge on any atom is 0.310 e. The maximum absolute atomic E-state index is 12.1. The number of carboxylic acid groups (broad SMARTS) is 1. The quantitative estimate of drug-likeness (QED) is 0.424. The molecular formula is C14H26O3. The third-order valence-electron chi connectivity index (χ3n) is 1.77. The first kappa shape index (κ1) is 5.02. The molecule has 0 rings (SSSR count). The molecule has 0 saturated heterocycles. The second kappa shape index (κ2) is 11.6. The molecule has 3 nitrogen and oxygen atoms in total. The van der Waals surface area contributed by atoms with Crippen LogP contribution in [0.3, 0.4) is 0 Å². The lowest BCUT2D eigenvalue weighted by molar-refractivity contribution is -0.140. The summed E-state index contributed by atoms with van der Waals surface area (Å²) in [7, 11) is 0. The summed E-state index contributed by atoms with van der Waals surface area (Å²) in [6.45, 7) is 1.88. The Morgan fingerprint density at radius 3 is 2.29 bits per heavy atom. The Morgan fingerprint density at radius 1 is 1.00 bits per heavy atom. The first-order valence-electron chi connectivity index (χ1n) is 11.4. The van der Waals surface area contributed by atoms with Crippen LogP contribution in [0.2, 0.25) is 0 Å². The van der Waals surface area contributed by atoms with E-state index >= 15 is 0 Å². The van der Waals surface area contributed by atoms with Crippen molar-refractivity contribution < 1.29 is 31.1 Å². The normalized spacial score (nSPS) is 25.9. The number of carboxylic acids is 1. The summed E-state index contributed by atoms with van der Waals surface area (Å²) in [6.07, 6.45) is -21.0. The number of hydrogen-bond donors (Lipinski definition) is 1. The van der Waals surface area contributed by atoms with Gasteiger partial charge >= 0.3 is 5.97 Å². The fourth-order valence-electron chi connectivity index (χ4n) is 0.994. The number of rotatable bonds is 12. The fraction of sp³-hybridized carbons (Fsp3) is 0.857. The van der Waals surface area contributed by atoms with E-state index in [9.17, 15) is 9.59 Å². The smallest absolute Gasteiger partial charge is 0.310 e. The van der Waals surface area contributed by atoms with Gasteiger partial charge in [0.15, 0.2) is 0 Å². The van der Waals surface area contributed by atoms with Crippen molar-refractivity contribution in [3.63, 3.8) is 0 Å². The van der Waals surface area contributed by atoms with Gasteiger partial charge in [-0.15, -0.1) is 0 Å². The molecule has 0 aliphatic heterocycles. The molecule has 0 spiro atoms. The topological polar surface area (TPSA) is 54.4 Å². The fourth-order valence-corrected chi connectivity index (χ4v) is 0.994. The number of carbonyl (C=O) groups excluding carboxylic acids is 1. The van der Waals surface area contributed by atoms with Crippen molar-refractivity contribution in [2.75, 3.05) is 0 Å². The summed E-state index contributed by atoms with van der Waals surface area (Å²) < 4.78 is 92.6. The first-order chi connectivity index (χ1) is 12.7. The van der Waals surface area contributed by atoms with Gasteiger partial charge in [0.05, 0.1) is 0 Å². The number of hydrogen-bond acceptors (Lipinski definition) is 2. The van der Waals surface area contributed by atoms with Gasteiger partial charge in [0.1, 0.15) is 12.2 Å². The molecule has 0 aromatic rings. The molecule has 0 aromatic carbocycles. The van der Waals surface area contributed by atoms with E-state index in [0.717, 1.165) is 6.42 Å². The molecule has 0 bridgehead atoms. The predicted octanol–water partition coefficient (Wildman–Crippen LogP) is 3.95. The Bertz CT molecular complexity index is 615. The van der Waals surface area contributed by atoms with Crippen molar-refractivity contribution >= 4 is 11.8 Å². The molecule has 0 aliphatic rings. The van der Waals surface area contributed by atoms with Crippen molar-refractivity contribution in [3.8, 4) is 0 Å². The van der Waals surface area contributed by atoms with Gasteiger partial charge in [-0.3, -0.25) is 9.59 Å². The van der Waals surface area contributed by atoms with Gasteiger partial charge in [-0.1, -0.05) is 58.1 Å². The Morgan fingerprint density at radius 2 is 1.65 bits per heavy atom. The second-order valence-electron chi connectivity index (χ2n) is 3.25. The van der Waals surface area contributed by atoms with E-state index in [1.165, 1.54) is 0 Å².